The molecule has 23 heavy (non-hydrogen) atoms. The minimum atomic E-state index is 0.772. The van der Waals surface area contributed by atoms with Crippen molar-refractivity contribution in [3.05, 3.63) is 23.3 Å². The smallest absolute Gasteiger partial charge is 0.0137 e. The van der Waals surface area contributed by atoms with Gasteiger partial charge in [0.1, 0.15) is 0 Å². The van der Waals surface area contributed by atoms with E-state index < -0.39 is 0 Å². The molecule has 0 aliphatic rings. The van der Waals surface area contributed by atoms with Gasteiger partial charge in [0.2, 0.25) is 0 Å². The van der Waals surface area contributed by atoms with E-state index in [4.69, 9.17) is 11.5 Å². The first-order valence-electron chi connectivity index (χ1n) is 9.22. The third kappa shape index (κ3) is 16.0. The number of nitrogens with zero attached hydrogens (tertiary/aromatic N) is 1. The third-order valence-electron chi connectivity index (χ3n) is 3.87. The lowest BCUT2D eigenvalue weighted by molar-refractivity contribution is 0.266. The van der Waals surface area contributed by atoms with Crippen molar-refractivity contribution in [3.63, 3.8) is 0 Å². The van der Waals surface area contributed by atoms with Gasteiger partial charge in [-0.2, -0.15) is 0 Å². The molecule has 0 amide bonds. The average molecular weight is 325 g/mol. The highest BCUT2D eigenvalue weighted by Crippen LogP contribution is 2.05. The van der Waals surface area contributed by atoms with Crippen LogP contribution in [0.15, 0.2) is 23.3 Å². The Kier molecular flexibility index (Phi) is 15.7. The fourth-order valence-corrected chi connectivity index (χ4v) is 2.43. The van der Waals surface area contributed by atoms with E-state index in [1.807, 2.05) is 0 Å². The molecule has 0 heterocycles. The first-order valence-corrected chi connectivity index (χ1v) is 9.22. The molecular weight excluding hydrogens is 284 g/mol. The van der Waals surface area contributed by atoms with Crippen LogP contribution in [0.1, 0.15) is 52.9 Å². The number of nitrogens with one attached hydrogen (secondary N) is 1. The van der Waals surface area contributed by atoms with Gasteiger partial charge < -0.3 is 21.7 Å². The molecule has 0 atom stereocenters. The van der Waals surface area contributed by atoms with Gasteiger partial charge in [0.15, 0.2) is 0 Å². The second kappa shape index (κ2) is 16.2. The van der Waals surface area contributed by atoms with E-state index in [9.17, 15) is 0 Å². The van der Waals surface area contributed by atoms with Gasteiger partial charge in [0, 0.05) is 6.54 Å². The minimum absolute atomic E-state index is 0.772. The van der Waals surface area contributed by atoms with Crippen molar-refractivity contribution < 1.29 is 0 Å². The second-order valence-corrected chi connectivity index (χ2v) is 6.55. The summed E-state index contributed by atoms with van der Waals surface area (Å²) in [5.41, 5.74) is 14.1. The Labute approximate surface area is 144 Å². The molecule has 0 aliphatic heterocycles. The van der Waals surface area contributed by atoms with E-state index >= 15 is 0 Å². The Morgan fingerprint density at radius 3 is 2.09 bits per heavy atom. The maximum atomic E-state index is 5.61. The third-order valence-corrected chi connectivity index (χ3v) is 3.87. The number of hydrogen-bond donors (Lipinski definition) is 3. The van der Waals surface area contributed by atoms with Gasteiger partial charge in [-0.15, -0.1) is 0 Å². The topological polar surface area (TPSA) is 67.3 Å². The summed E-state index contributed by atoms with van der Waals surface area (Å²) >= 11 is 0. The zero-order chi connectivity index (χ0) is 17.3. The maximum absolute atomic E-state index is 5.61. The predicted octanol–water partition coefficient (Wildman–Crippen LogP) is 2.66. The van der Waals surface area contributed by atoms with Crippen molar-refractivity contribution in [1.82, 2.24) is 10.2 Å². The van der Waals surface area contributed by atoms with Gasteiger partial charge in [-0.1, -0.05) is 23.3 Å². The molecule has 0 bridgehead atoms. The Morgan fingerprint density at radius 1 is 0.913 bits per heavy atom. The summed E-state index contributed by atoms with van der Waals surface area (Å²) < 4.78 is 0. The Bertz CT molecular complexity index is 311. The number of hydrogen-bond acceptors (Lipinski definition) is 4. The van der Waals surface area contributed by atoms with E-state index in [-0.39, 0.29) is 0 Å². The molecule has 5 N–H and O–H groups in total. The molecule has 4 nitrogen and oxygen atoms in total. The van der Waals surface area contributed by atoms with Crippen LogP contribution < -0.4 is 16.8 Å². The molecule has 0 radical (unpaired) electrons. The van der Waals surface area contributed by atoms with Crippen LogP contribution in [0.25, 0.3) is 0 Å². The van der Waals surface area contributed by atoms with E-state index in [0.717, 1.165) is 65.1 Å². The lowest BCUT2D eigenvalue weighted by Crippen LogP contribution is -2.31. The normalized spacial score (nSPS) is 12.0. The van der Waals surface area contributed by atoms with Gasteiger partial charge >= 0.3 is 0 Å². The van der Waals surface area contributed by atoms with Gasteiger partial charge in [-0.05, 0) is 92.1 Å². The summed E-state index contributed by atoms with van der Waals surface area (Å²) in [5, 5.41) is 3.52. The summed E-state index contributed by atoms with van der Waals surface area (Å²) in [4.78, 5) is 2.49. The molecule has 136 valence electrons. The number of rotatable bonds is 15. The summed E-state index contributed by atoms with van der Waals surface area (Å²) in [7, 11) is 0. The second-order valence-electron chi connectivity index (χ2n) is 6.55. The predicted molar refractivity (Wildman–Crippen MR) is 104 cm³/mol. The van der Waals surface area contributed by atoms with Crippen molar-refractivity contribution in [2.75, 3.05) is 45.8 Å². The highest BCUT2D eigenvalue weighted by atomic mass is 15.1. The average Bonchev–Trinajstić information content (AvgIpc) is 2.52. The molecule has 0 rings (SSSR count). The molecule has 0 spiro atoms. The van der Waals surface area contributed by atoms with Crippen LogP contribution in [0.3, 0.4) is 0 Å². The lowest BCUT2D eigenvalue weighted by Gasteiger charge is -2.21. The quantitative estimate of drug-likeness (QED) is 0.320. The highest BCUT2D eigenvalue weighted by Gasteiger charge is 2.03. The summed E-state index contributed by atoms with van der Waals surface area (Å²) in [6.07, 6.45) is 10.3. The fourth-order valence-electron chi connectivity index (χ4n) is 2.43. The first kappa shape index (κ1) is 22.3. The van der Waals surface area contributed by atoms with Crippen LogP contribution in [-0.4, -0.2) is 50.7 Å². The fraction of sp³-hybridized carbons (Fsp3) is 0.789. The van der Waals surface area contributed by atoms with Crippen LogP contribution in [0.4, 0.5) is 0 Å². The molecule has 0 aromatic carbocycles. The first-order chi connectivity index (χ1) is 11.1. The monoisotopic (exact) mass is 324 g/mol. The minimum Gasteiger partial charge on any atom is -0.330 e. The summed E-state index contributed by atoms with van der Waals surface area (Å²) in [6, 6.07) is 0. The molecule has 4 heteroatoms. The molecule has 0 aromatic rings. The standard InChI is InChI=1S/C19H40N4/c1-18(2)8-4-9-19(3)10-14-22-13-7-17-23(15-5-11-20)16-6-12-21/h8,10,22H,4-7,9,11-17,20-21H2,1-3H3. The SMILES string of the molecule is CC(C)=CCCC(C)=CCNCCCN(CCCN)CCCN. The molecular formula is C19H40N4. The summed E-state index contributed by atoms with van der Waals surface area (Å²) in [6.45, 7) is 13.5. The molecule has 0 aromatic heterocycles. The van der Waals surface area contributed by atoms with Crippen molar-refractivity contribution in [2.45, 2.75) is 52.9 Å². The van der Waals surface area contributed by atoms with Gasteiger partial charge in [0.05, 0.1) is 0 Å². The van der Waals surface area contributed by atoms with E-state index in [2.05, 4.69) is 43.1 Å². The zero-order valence-electron chi connectivity index (χ0n) is 15.7. The van der Waals surface area contributed by atoms with Crippen LogP contribution in [0, 0.1) is 0 Å². The van der Waals surface area contributed by atoms with Crippen LogP contribution in [0.5, 0.6) is 0 Å². The number of nitrogens with two attached hydrogens (primary N) is 2. The lowest BCUT2D eigenvalue weighted by atomic mass is 10.1. The molecule has 0 saturated carbocycles. The largest absolute Gasteiger partial charge is 0.330 e. The Balaban J connectivity index is 3.72. The van der Waals surface area contributed by atoms with Crippen molar-refractivity contribution in [3.8, 4) is 0 Å². The van der Waals surface area contributed by atoms with Crippen molar-refractivity contribution in [1.29, 1.82) is 0 Å². The number of allylic oxidation sites excluding steroid dienone is 3. The van der Waals surface area contributed by atoms with Crippen LogP contribution in [-0.2, 0) is 0 Å². The maximum Gasteiger partial charge on any atom is 0.0137 e. The Morgan fingerprint density at radius 2 is 1.52 bits per heavy atom. The highest BCUT2D eigenvalue weighted by molar-refractivity contribution is 5.02. The zero-order valence-corrected chi connectivity index (χ0v) is 15.7. The van der Waals surface area contributed by atoms with E-state index in [1.54, 1.807) is 0 Å². The summed E-state index contributed by atoms with van der Waals surface area (Å²) in [5.74, 6) is 0. The van der Waals surface area contributed by atoms with E-state index in [1.165, 1.54) is 24.0 Å². The Hall–Kier alpha value is -0.680. The van der Waals surface area contributed by atoms with Crippen LogP contribution in [0.2, 0.25) is 0 Å². The van der Waals surface area contributed by atoms with Gasteiger partial charge in [0.25, 0.3) is 0 Å². The van der Waals surface area contributed by atoms with Crippen molar-refractivity contribution in [2.24, 2.45) is 11.5 Å². The van der Waals surface area contributed by atoms with Gasteiger partial charge in [-0.3, -0.25) is 0 Å². The molecule has 0 fully saturated rings. The van der Waals surface area contributed by atoms with E-state index in [0.29, 0.717) is 0 Å². The van der Waals surface area contributed by atoms with Crippen molar-refractivity contribution >= 4 is 0 Å². The van der Waals surface area contributed by atoms with Crippen LogP contribution >= 0.6 is 0 Å². The molecule has 0 aliphatic carbocycles. The molecule has 0 unspecified atom stereocenters. The molecule has 0 saturated heterocycles. The van der Waals surface area contributed by atoms with Gasteiger partial charge in [-0.25, -0.2) is 0 Å².